The van der Waals surface area contributed by atoms with Crippen LogP contribution in [0.2, 0.25) is 0 Å². The summed E-state index contributed by atoms with van der Waals surface area (Å²) >= 11 is 1.32. The van der Waals surface area contributed by atoms with Crippen molar-refractivity contribution in [3.05, 3.63) is 91.0 Å². The van der Waals surface area contributed by atoms with E-state index in [1.165, 1.54) is 65.6 Å². The summed E-state index contributed by atoms with van der Waals surface area (Å²) in [6, 6.07) is 32.5. The molecule has 1 nitrogen and oxygen atoms in total. The topological polar surface area (TPSA) is 17.1 Å². The van der Waals surface area contributed by atoms with E-state index >= 15 is 0 Å². The molecule has 6 aromatic rings. The maximum absolute atomic E-state index is 12.0. The lowest BCUT2D eigenvalue weighted by Gasteiger charge is -2.14. The average molecular weight is 403 g/mol. The third-order valence-electron chi connectivity index (χ3n) is 5.93. The Balaban J connectivity index is 1.96. The fraction of sp³-hybridized carbons (Fsp3) is 0.0357. The zero-order chi connectivity index (χ0) is 20.2. The highest BCUT2D eigenvalue weighted by molar-refractivity contribution is 8.13. The summed E-state index contributed by atoms with van der Waals surface area (Å²) in [5.41, 5.74) is 0. The van der Waals surface area contributed by atoms with E-state index in [2.05, 4.69) is 84.9 Å². The molecule has 0 atom stereocenters. The first kappa shape index (κ1) is 17.5. The molecule has 0 bridgehead atoms. The van der Waals surface area contributed by atoms with Crippen LogP contribution in [0.4, 0.5) is 0 Å². The Morgan fingerprint density at radius 3 is 1.70 bits per heavy atom. The van der Waals surface area contributed by atoms with Crippen molar-refractivity contribution in [3.63, 3.8) is 0 Å². The molecule has 0 aliphatic rings. The van der Waals surface area contributed by atoms with Crippen molar-refractivity contribution in [2.75, 3.05) is 0 Å². The molecule has 0 amide bonds. The monoisotopic (exact) mass is 402 g/mol. The Hall–Kier alpha value is -3.36. The second-order valence-electron chi connectivity index (χ2n) is 7.73. The van der Waals surface area contributed by atoms with Crippen molar-refractivity contribution in [2.45, 2.75) is 11.8 Å². The first-order valence-electron chi connectivity index (χ1n) is 10.1. The number of carbonyl (C=O) groups is 1. The van der Waals surface area contributed by atoms with Gasteiger partial charge in [0.25, 0.3) is 0 Å². The van der Waals surface area contributed by atoms with E-state index in [1.807, 2.05) is 6.07 Å². The third kappa shape index (κ3) is 2.54. The lowest BCUT2D eigenvalue weighted by atomic mass is 9.91. The van der Waals surface area contributed by atoms with Crippen LogP contribution in [0.25, 0.3) is 53.9 Å². The van der Waals surface area contributed by atoms with E-state index in [0.717, 1.165) is 4.90 Å². The summed E-state index contributed by atoms with van der Waals surface area (Å²) in [6.45, 7) is 1.63. The Bertz CT molecular complexity index is 1630. The van der Waals surface area contributed by atoms with Gasteiger partial charge in [0.15, 0.2) is 5.12 Å². The molecule has 0 radical (unpaired) electrons. The quantitative estimate of drug-likeness (QED) is 0.204. The molecule has 0 N–H and O–H groups in total. The summed E-state index contributed by atoms with van der Waals surface area (Å²) < 4.78 is 0. The molecule has 0 aliphatic carbocycles. The molecule has 6 aromatic carbocycles. The minimum absolute atomic E-state index is 0.107. The summed E-state index contributed by atoms with van der Waals surface area (Å²) in [4.78, 5) is 13.0. The number of rotatable bonds is 1. The predicted molar refractivity (Wildman–Crippen MR) is 131 cm³/mol. The van der Waals surface area contributed by atoms with Gasteiger partial charge < -0.3 is 0 Å². The highest BCUT2D eigenvalue weighted by atomic mass is 32.2. The Morgan fingerprint density at radius 1 is 0.533 bits per heavy atom. The molecule has 0 aliphatic heterocycles. The van der Waals surface area contributed by atoms with Crippen LogP contribution in [0.5, 0.6) is 0 Å². The van der Waals surface area contributed by atoms with Crippen molar-refractivity contribution in [3.8, 4) is 0 Å². The molecule has 0 aromatic heterocycles. The molecule has 0 saturated heterocycles. The summed E-state index contributed by atoms with van der Waals surface area (Å²) in [7, 11) is 0. The fourth-order valence-corrected chi connectivity index (χ4v) is 5.49. The predicted octanol–water partition coefficient (Wildman–Crippen LogP) is 8.09. The van der Waals surface area contributed by atoms with Gasteiger partial charge in [0.05, 0.1) is 0 Å². The van der Waals surface area contributed by atoms with Crippen LogP contribution < -0.4 is 0 Å². The van der Waals surface area contributed by atoms with Crippen LogP contribution in [-0.2, 0) is 4.79 Å². The largest absolute Gasteiger partial charge is 0.287 e. The molecule has 0 saturated carbocycles. The Labute approximate surface area is 178 Å². The van der Waals surface area contributed by atoms with Crippen LogP contribution in [0.3, 0.4) is 0 Å². The number of thioether (sulfide) groups is 1. The molecule has 6 rings (SSSR count). The van der Waals surface area contributed by atoms with Crippen molar-refractivity contribution in [1.82, 2.24) is 0 Å². The molecule has 0 unspecified atom stereocenters. The van der Waals surface area contributed by atoms with E-state index in [0.29, 0.717) is 0 Å². The van der Waals surface area contributed by atoms with Crippen molar-refractivity contribution >= 4 is 70.7 Å². The van der Waals surface area contributed by atoms with Gasteiger partial charge in [-0.15, -0.1) is 0 Å². The minimum Gasteiger partial charge on any atom is -0.287 e. The second-order valence-corrected chi connectivity index (χ2v) is 8.94. The molecular weight excluding hydrogens is 384 g/mol. The van der Waals surface area contributed by atoms with E-state index in [4.69, 9.17) is 0 Å². The van der Waals surface area contributed by atoms with Gasteiger partial charge in [0.1, 0.15) is 0 Å². The van der Waals surface area contributed by atoms with Gasteiger partial charge in [0, 0.05) is 17.2 Å². The zero-order valence-electron chi connectivity index (χ0n) is 16.5. The van der Waals surface area contributed by atoms with Crippen LogP contribution in [0.15, 0.2) is 95.9 Å². The highest BCUT2D eigenvalue weighted by Crippen LogP contribution is 2.42. The van der Waals surface area contributed by atoms with Gasteiger partial charge >= 0.3 is 0 Å². The van der Waals surface area contributed by atoms with Crippen molar-refractivity contribution in [2.24, 2.45) is 0 Å². The number of carbonyl (C=O) groups excluding carboxylic acids is 1. The minimum atomic E-state index is 0.107. The van der Waals surface area contributed by atoms with Crippen LogP contribution >= 0.6 is 11.8 Å². The molecule has 0 heterocycles. The third-order valence-corrected chi connectivity index (χ3v) is 6.78. The number of benzene rings is 6. The standard InChI is InChI=1S/C28H18OS/c1-17(29)30-24-8-4-6-19-11-13-22-16-15-21-14-12-20-10-9-18-5-2-3-7-23(18)25(20)27(21)28(22)26(19)24/h2-16H,1H3. The SMILES string of the molecule is CC(=O)Sc1cccc2ccc3ccc4ccc5ccc6ccccc6c5c4c3c12. The number of fused-ring (bicyclic) bond motifs is 9. The first-order chi connectivity index (χ1) is 14.7. The van der Waals surface area contributed by atoms with Crippen molar-refractivity contribution < 1.29 is 4.79 Å². The second kappa shape index (κ2) is 6.58. The molecule has 30 heavy (non-hydrogen) atoms. The van der Waals surface area contributed by atoms with E-state index in [9.17, 15) is 4.79 Å². The maximum Gasteiger partial charge on any atom is 0.190 e. The lowest BCUT2D eigenvalue weighted by molar-refractivity contribution is -0.109. The van der Waals surface area contributed by atoms with Gasteiger partial charge in [0.2, 0.25) is 0 Å². The lowest BCUT2D eigenvalue weighted by Crippen LogP contribution is -1.88. The van der Waals surface area contributed by atoms with Gasteiger partial charge in [-0.3, -0.25) is 4.79 Å². The Kier molecular flexibility index (Phi) is 3.84. The molecule has 0 fully saturated rings. The van der Waals surface area contributed by atoms with Crippen LogP contribution in [-0.4, -0.2) is 5.12 Å². The fourth-order valence-electron chi connectivity index (χ4n) is 4.71. The van der Waals surface area contributed by atoms with Gasteiger partial charge in [-0.2, -0.15) is 0 Å². The zero-order valence-corrected chi connectivity index (χ0v) is 17.3. The first-order valence-corrected chi connectivity index (χ1v) is 10.9. The van der Waals surface area contributed by atoms with Crippen LogP contribution in [0.1, 0.15) is 6.92 Å². The molecule has 0 spiro atoms. The normalized spacial score (nSPS) is 11.8. The van der Waals surface area contributed by atoms with Crippen LogP contribution in [0, 0.1) is 0 Å². The van der Waals surface area contributed by atoms with E-state index in [-0.39, 0.29) is 5.12 Å². The van der Waals surface area contributed by atoms with Crippen molar-refractivity contribution in [1.29, 1.82) is 0 Å². The summed E-state index contributed by atoms with van der Waals surface area (Å²) in [5.74, 6) is 0. The summed E-state index contributed by atoms with van der Waals surface area (Å²) in [6.07, 6.45) is 0. The van der Waals surface area contributed by atoms with E-state index in [1.54, 1.807) is 6.92 Å². The summed E-state index contributed by atoms with van der Waals surface area (Å²) in [5, 5.41) is 12.4. The molecule has 142 valence electrons. The highest BCUT2D eigenvalue weighted by Gasteiger charge is 2.14. The Morgan fingerprint density at radius 2 is 1.03 bits per heavy atom. The molecule has 2 heteroatoms. The average Bonchev–Trinajstić information content (AvgIpc) is 2.77. The van der Waals surface area contributed by atoms with E-state index < -0.39 is 0 Å². The van der Waals surface area contributed by atoms with Gasteiger partial charge in [-0.05, 0) is 54.5 Å². The smallest absolute Gasteiger partial charge is 0.190 e. The van der Waals surface area contributed by atoms with Gasteiger partial charge in [-0.1, -0.05) is 96.7 Å². The maximum atomic E-state index is 12.0. The number of hydrogen-bond donors (Lipinski definition) is 0. The molecular formula is C28H18OS. The number of hydrogen-bond acceptors (Lipinski definition) is 2. The van der Waals surface area contributed by atoms with Gasteiger partial charge in [-0.25, -0.2) is 0 Å².